The fourth-order valence-corrected chi connectivity index (χ4v) is 2.93. The molecule has 0 bridgehead atoms. The van der Waals surface area contributed by atoms with Crippen molar-refractivity contribution in [2.24, 2.45) is 0 Å². The Morgan fingerprint density at radius 3 is 2.36 bits per heavy atom. The fourth-order valence-electron chi connectivity index (χ4n) is 2.41. The van der Waals surface area contributed by atoms with E-state index in [1.807, 2.05) is 18.2 Å². The summed E-state index contributed by atoms with van der Waals surface area (Å²) in [4.78, 5) is 5.98. The maximum absolute atomic E-state index is 4.63. The highest BCUT2D eigenvalue weighted by Gasteiger charge is 2.08. The molecule has 1 unspecified atom stereocenters. The lowest BCUT2D eigenvalue weighted by molar-refractivity contribution is 0.624. The van der Waals surface area contributed by atoms with Gasteiger partial charge in [-0.25, -0.2) is 0 Å². The van der Waals surface area contributed by atoms with E-state index in [0.29, 0.717) is 5.92 Å². The summed E-state index contributed by atoms with van der Waals surface area (Å²) in [7, 11) is 0. The summed E-state index contributed by atoms with van der Waals surface area (Å²) in [5, 5.41) is 0. The van der Waals surface area contributed by atoms with Gasteiger partial charge in [0.25, 0.3) is 0 Å². The van der Waals surface area contributed by atoms with Crippen molar-refractivity contribution in [2.45, 2.75) is 39.0 Å². The van der Waals surface area contributed by atoms with E-state index in [1.54, 1.807) is 6.20 Å². The largest absolute Gasteiger partial charge is 0.256 e. The van der Waals surface area contributed by atoms with Crippen LogP contribution in [0.4, 0.5) is 0 Å². The van der Waals surface area contributed by atoms with Crippen LogP contribution in [0.2, 0.25) is 0 Å². The number of unbranched alkanes of at least 4 members (excludes halogenated alkanes) is 1. The molecule has 0 N–H and O–H groups in total. The predicted molar refractivity (Wildman–Crippen MR) is 103 cm³/mol. The average Bonchev–Trinajstić information content (AvgIpc) is 2.59. The Bertz CT molecular complexity index is 618. The van der Waals surface area contributed by atoms with E-state index in [9.17, 15) is 0 Å². The second-order valence-corrected chi connectivity index (χ2v) is 6.47. The lowest BCUT2D eigenvalue weighted by Crippen LogP contribution is -1.94. The minimum absolute atomic E-state index is 0.604. The molecule has 0 fully saturated rings. The molecule has 1 heterocycles. The third kappa shape index (κ3) is 4.40. The highest BCUT2D eigenvalue weighted by Crippen LogP contribution is 2.32. The van der Waals surface area contributed by atoms with E-state index < -0.39 is 0 Å². The summed E-state index contributed by atoms with van der Waals surface area (Å²) in [5.74, 6) is 0.604. The molecule has 1 atom stereocenters. The first kappa shape index (κ1) is 17.2. The zero-order valence-electron chi connectivity index (χ0n) is 13.2. The molecule has 0 aliphatic rings. The molecule has 1 nitrogen and oxygen atoms in total. The Labute approximate surface area is 144 Å². The molecule has 1 aromatic carbocycles. The summed E-state index contributed by atoms with van der Waals surface area (Å²) in [6.45, 7) is 4.53. The number of nitrogens with zero attached hydrogens (tertiary/aromatic N) is 1. The SMILES string of the molecule is CCCCC(C)c1ccc(/C(S)=C(/S)c2ccccn2)cc1. The molecule has 2 rings (SSSR count). The fraction of sp³-hybridized carbons (Fsp3) is 0.316. The van der Waals surface area contributed by atoms with E-state index in [0.717, 1.165) is 21.1 Å². The van der Waals surface area contributed by atoms with Crippen LogP contribution in [0.1, 0.15) is 55.8 Å². The summed E-state index contributed by atoms with van der Waals surface area (Å²) in [5.41, 5.74) is 3.30. The molecule has 0 amide bonds. The zero-order valence-corrected chi connectivity index (χ0v) is 14.9. The lowest BCUT2D eigenvalue weighted by atomic mass is 9.95. The molecule has 0 radical (unpaired) electrons. The Hall–Kier alpha value is -1.19. The van der Waals surface area contributed by atoms with Crippen LogP contribution in [-0.4, -0.2) is 4.98 Å². The number of hydrogen-bond donors (Lipinski definition) is 2. The molecule has 1 aromatic heterocycles. The van der Waals surface area contributed by atoms with Crippen molar-refractivity contribution in [1.82, 2.24) is 4.98 Å². The van der Waals surface area contributed by atoms with Gasteiger partial charge in [-0.15, -0.1) is 25.3 Å². The van der Waals surface area contributed by atoms with E-state index >= 15 is 0 Å². The Morgan fingerprint density at radius 2 is 1.77 bits per heavy atom. The smallest absolute Gasteiger partial charge is 0.0774 e. The number of aromatic nitrogens is 1. The first-order chi connectivity index (χ1) is 10.6. The van der Waals surface area contributed by atoms with Gasteiger partial charge in [-0.2, -0.15) is 0 Å². The first-order valence-corrected chi connectivity index (χ1v) is 8.66. The van der Waals surface area contributed by atoms with Crippen molar-refractivity contribution in [2.75, 3.05) is 0 Å². The predicted octanol–water partition coefficient (Wildman–Crippen LogP) is 6.06. The molecule has 0 saturated carbocycles. The molecular weight excluding hydrogens is 306 g/mol. The number of benzene rings is 1. The van der Waals surface area contributed by atoms with Gasteiger partial charge < -0.3 is 0 Å². The van der Waals surface area contributed by atoms with Crippen molar-refractivity contribution in [3.05, 3.63) is 65.5 Å². The number of pyridine rings is 1. The van der Waals surface area contributed by atoms with Gasteiger partial charge in [0.2, 0.25) is 0 Å². The van der Waals surface area contributed by atoms with Crippen LogP contribution in [0.25, 0.3) is 9.81 Å². The molecule has 0 spiro atoms. The van der Waals surface area contributed by atoms with Crippen LogP contribution in [0.3, 0.4) is 0 Å². The van der Waals surface area contributed by atoms with E-state index in [-0.39, 0.29) is 0 Å². The zero-order chi connectivity index (χ0) is 15.9. The van der Waals surface area contributed by atoms with Gasteiger partial charge >= 0.3 is 0 Å². The second-order valence-electron chi connectivity index (χ2n) is 5.58. The van der Waals surface area contributed by atoms with Gasteiger partial charge in [0.1, 0.15) is 0 Å². The molecule has 3 heteroatoms. The van der Waals surface area contributed by atoms with Crippen LogP contribution in [0.15, 0.2) is 48.7 Å². The highest BCUT2D eigenvalue weighted by molar-refractivity contribution is 7.96. The van der Waals surface area contributed by atoms with Crippen molar-refractivity contribution in [3.8, 4) is 0 Å². The van der Waals surface area contributed by atoms with Gasteiger partial charge in [-0.3, -0.25) is 4.98 Å². The molecule has 0 aliphatic carbocycles. The molecular formula is C19H23NS2. The Morgan fingerprint density at radius 1 is 1.05 bits per heavy atom. The van der Waals surface area contributed by atoms with Crippen molar-refractivity contribution >= 4 is 35.1 Å². The minimum Gasteiger partial charge on any atom is -0.256 e. The molecule has 0 aliphatic heterocycles. The van der Waals surface area contributed by atoms with Gasteiger partial charge in [-0.1, -0.05) is 57.0 Å². The first-order valence-electron chi connectivity index (χ1n) is 7.77. The average molecular weight is 330 g/mol. The maximum Gasteiger partial charge on any atom is 0.0774 e. The summed E-state index contributed by atoms with van der Waals surface area (Å²) in [6.07, 6.45) is 5.54. The number of rotatable bonds is 6. The third-order valence-corrected chi connectivity index (χ3v) is 4.99. The van der Waals surface area contributed by atoms with Gasteiger partial charge in [-0.05, 0) is 35.6 Å². The van der Waals surface area contributed by atoms with Crippen molar-refractivity contribution in [3.63, 3.8) is 0 Å². The second kappa shape index (κ2) is 8.44. The van der Waals surface area contributed by atoms with E-state index in [2.05, 4.69) is 68.4 Å². The lowest BCUT2D eigenvalue weighted by Gasteiger charge is -2.12. The normalized spacial score (nSPS) is 13.6. The Balaban J connectivity index is 2.19. The molecule has 2 aromatic rings. The number of thiol groups is 2. The van der Waals surface area contributed by atoms with Crippen LogP contribution in [0, 0.1) is 0 Å². The van der Waals surface area contributed by atoms with Crippen molar-refractivity contribution < 1.29 is 0 Å². The quantitative estimate of drug-likeness (QED) is 0.614. The summed E-state index contributed by atoms with van der Waals surface area (Å²) in [6, 6.07) is 14.4. The van der Waals surface area contributed by atoms with Gasteiger partial charge in [0, 0.05) is 16.0 Å². The van der Waals surface area contributed by atoms with Crippen LogP contribution in [0.5, 0.6) is 0 Å². The minimum atomic E-state index is 0.604. The monoisotopic (exact) mass is 329 g/mol. The van der Waals surface area contributed by atoms with Crippen LogP contribution < -0.4 is 0 Å². The van der Waals surface area contributed by atoms with Crippen LogP contribution >= 0.6 is 25.3 Å². The van der Waals surface area contributed by atoms with Crippen LogP contribution in [-0.2, 0) is 0 Å². The third-order valence-electron chi connectivity index (χ3n) is 3.88. The summed E-state index contributed by atoms with van der Waals surface area (Å²) < 4.78 is 0. The van der Waals surface area contributed by atoms with Crippen molar-refractivity contribution in [1.29, 1.82) is 0 Å². The highest BCUT2D eigenvalue weighted by atomic mass is 32.1. The molecule has 0 saturated heterocycles. The topological polar surface area (TPSA) is 12.9 Å². The Kier molecular flexibility index (Phi) is 6.59. The standard InChI is InChI=1S/C19H23NS2/c1-3-4-7-14(2)15-9-11-16(12-10-15)18(21)19(22)17-8-5-6-13-20-17/h5-6,8-14,21-22H,3-4,7H2,1-2H3/b19-18-. The molecule has 116 valence electrons. The van der Waals surface area contributed by atoms with E-state index in [4.69, 9.17) is 0 Å². The van der Waals surface area contributed by atoms with Gasteiger partial charge in [0.15, 0.2) is 0 Å². The maximum atomic E-state index is 4.63. The summed E-state index contributed by atoms with van der Waals surface area (Å²) >= 11 is 9.21. The number of hydrogen-bond acceptors (Lipinski definition) is 3. The van der Waals surface area contributed by atoms with Gasteiger partial charge in [0.05, 0.1) is 5.69 Å². The molecule has 22 heavy (non-hydrogen) atoms. The van der Waals surface area contributed by atoms with E-state index in [1.165, 1.54) is 24.8 Å².